The molecule has 0 radical (unpaired) electrons. The van der Waals surface area contributed by atoms with Gasteiger partial charge in [0.25, 0.3) is 0 Å². The third-order valence-electron chi connectivity index (χ3n) is 9.45. The van der Waals surface area contributed by atoms with E-state index < -0.39 is 11.0 Å². The zero-order valence-electron chi connectivity index (χ0n) is 16.3. The van der Waals surface area contributed by atoms with Crippen LogP contribution in [0.4, 0.5) is 0 Å². The maximum Gasteiger partial charge on any atom is 0.162 e. The molecule has 5 rings (SSSR count). The largest absolute Gasteiger partial charge is 0.381 e. The van der Waals surface area contributed by atoms with Crippen LogP contribution in [-0.2, 0) is 14.3 Å². The molecule has 3 saturated carbocycles. The number of Topliss-reactive ketones (excluding diaryl/α,β-unsaturated/α-hetero) is 1. The maximum atomic E-state index is 12.5. The standard InChI is InChI=1S/C22H30O4/c1-12-9-17-16-6-5-14-10-15(24)7-8-19(14,3)22(16)18(26-22)11-20(17,4)21(12,25)13(2)23/h10,12,16-18,25H,5-9,11H2,1-4H3/t12?,16-,17-,18?,19-,20-,21-,22?/m0/s1. The Balaban J connectivity index is 1.60. The molecule has 4 nitrogen and oxygen atoms in total. The summed E-state index contributed by atoms with van der Waals surface area (Å²) in [6.07, 6.45) is 7.09. The Kier molecular flexibility index (Phi) is 3.09. The molecule has 5 aliphatic rings. The molecule has 1 heterocycles. The Morgan fingerprint density at radius 3 is 2.69 bits per heavy atom. The molecule has 1 N–H and O–H groups in total. The minimum atomic E-state index is -1.24. The van der Waals surface area contributed by atoms with Crippen molar-refractivity contribution in [1.82, 2.24) is 0 Å². The van der Waals surface area contributed by atoms with Gasteiger partial charge in [-0.25, -0.2) is 0 Å². The number of hydrogen-bond acceptors (Lipinski definition) is 4. The molecule has 3 unspecified atom stereocenters. The number of epoxide rings is 1. The first-order chi connectivity index (χ1) is 12.1. The van der Waals surface area contributed by atoms with Crippen molar-refractivity contribution in [3.05, 3.63) is 11.6 Å². The first-order valence-electron chi connectivity index (χ1n) is 10.3. The highest BCUT2D eigenvalue weighted by Gasteiger charge is 2.81. The summed E-state index contributed by atoms with van der Waals surface area (Å²) < 4.78 is 6.51. The van der Waals surface area contributed by atoms with Crippen LogP contribution >= 0.6 is 0 Å². The van der Waals surface area contributed by atoms with E-state index in [0.717, 1.165) is 32.1 Å². The summed E-state index contributed by atoms with van der Waals surface area (Å²) in [5.74, 6) is 0.834. The third kappa shape index (κ3) is 1.58. The molecule has 0 aromatic carbocycles. The molecular weight excluding hydrogens is 328 g/mol. The van der Waals surface area contributed by atoms with Gasteiger partial charge >= 0.3 is 0 Å². The molecule has 1 spiro atoms. The van der Waals surface area contributed by atoms with Gasteiger partial charge in [-0.15, -0.1) is 0 Å². The Bertz CT molecular complexity index is 755. The zero-order chi connectivity index (χ0) is 18.7. The zero-order valence-corrected chi connectivity index (χ0v) is 16.3. The van der Waals surface area contributed by atoms with Crippen molar-refractivity contribution in [3.8, 4) is 0 Å². The predicted molar refractivity (Wildman–Crippen MR) is 96.4 cm³/mol. The van der Waals surface area contributed by atoms with E-state index in [1.807, 2.05) is 13.0 Å². The first-order valence-corrected chi connectivity index (χ1v) is 10.3. The number of carbonyl (C=O) groups excluding carboxylic acids is 2. The van der Waals surface area contributed by atoms with Gasteiger partial charge in [-0.05, 0) is 62.9 Å². The van der Waals surface area contributed by atoms with Crippen LogP contribution in [0.3, 0.4) is 0 Å². The summed E-state index contributed by atoms with van der Waals surface area (Å²) in [5, 5.41) is 11.5. The summed E-state index contributed by atoms with van der Waals surface area (Å²) in [4.78, 5) is 24.5. The van der Waals surface area contributed by atoms with Crippen LogP contribution in [0.1, 0.15) is 66.2 Å². The summed E-state index contributed by atoms with van der Waals surface area (Å²) in [6.45, 7) is 8.02. The van der Waals surface area contributed by atoms with Crippen LogP contribution in [0.5, 0.6) is 0 Å². The summed E-state index contributed by atoms with van der Waals surface area (Å²) in [7, 11) is 0. The number of fused-ring (bicyclic) bond motifs is 3. The molecule has 0 aromatic heterocycles. The molecule has 0 aromatic rings. The second-order valence-corrected chi connectivity index (χ2v) is 10.2. The van der Waals surface area contributed by atoms with Crippen LogP contribution in [0.2, 0.25) is 0 Å². The molecule has 4 aliphatic carbocycles. The maximum absolute atomic E-state index is 12.5. The number of ketones is 2. The van der Waals surface area contributed by atoms with Crippen molar-refractivity contribution >= 4 is 11.6 Å². The van der Waals surface area contributed by atoms with E-state index in [-0.39, 0.29) is 34.6 Å². The van der Waals surface area contributed by atoms with Crippen molar-refractivity contribution in [2.24, 2.45) is 28.6 Å². The first kappa shape index (κ1) is 17.1. The predicted octanol–water partition coefficient (Wildman–Crippen LogP) is 3.22. The molecule has 0 amide bonds. The quantitative estimate of drug-likeness (QED) is 0.731. The SMILES string of the molecule is CC(=O)[C@@]1(O)C(C)C[C@H]2[C@@H]3CCC4=CC(=O)CC[C@]4(C)C34OC4C[C@@]21C. The molecule has 0 bridgehead atoms. The van der Waals surface area contributed by atoms with Crippen molar-refractivity contribution in [2.45, 2.75) is 83.5 Å². The van der Waals surface area contributed by atoms with E-state index in [2.05, 4.69) is 13.8 Å². The van der Waals surface area contributed by atoms with Gasteiger partial charge in [0, 0.05) is 17.3 Å². The normalized spacial score (nSPS) is 57.4. The molecule has 26 heavy (non-hydrogen) atoms. The third-order valence-corrected chi connectivity index (χ3v) is 9.45. The highest BCUT2D eigenvalue weighted by Crippen LogP contribution is 2.76. The monoisotopic (exact) mass is 358 g/mol. The molecule has 8 atom stereocenters. The average Bonchev–Trinajstić information content (AvgIpc) is 3.25. The lowest BCUT2D eigenvalue weighted by Crippen LogP contribution is -2.62. The second-order valence-electron chi connectivity index (χ2n) is 10.2. The highest BCUT2D eigenvalue weighted by molar-refractivity contribution is 5.92. The van der Waals surface area contributed by atoms with Crippen molar-refractivity contribution in [1.29, 1.82) is 0 Å². The van der Waals surface area contributed by atoms with E-state index in [4.69, 9.17) is 4.74 Å². The van der Waals surface area contributed by atoms with Gasteiger partial charge in [-0.1, -0.05) is 26.3 Å². The minimum Gasteiger partial charge on any atom is -0.381 e. The molecule has 142 valence electrons. The molecule has 1 aliphatic heterocycles. The van der Waals surface area contributed by atoms with Crippen LogP contribution in [0.15, 0.2) is 11.6 Å². The van der Waals surface area contributed by atoms with Gasteiger partial charge in [0.05, 0.1) is 6.10 Å². The fraction of sp³-hybridized carbons (Fsp3) is 0.818. The van der Waals surface area contributed by atoms with Crippen molar-refractivity contribution in [2.75, 3.05) is 0 Å². The topological polar surface area (TPSA) is 66.9 Å². The average molecular weight is 358 g/mol. The van der Waals surface area contributed by atoms with Gasteiger partial charge < -0.3 is 9.84 Å². The lowest BCUT2D eigenvalue weighted by Gasteiger charge is -2.56. The number of aliphatic hydroxyl groups is 1. The highest BCUT2D eigenvalue weighted by atomic mass is 16.6. The van der Waals surface area contributed by atoms with Crippen molar-refractivity contribution in [3.63, 3.8) is 0 Å². The minimum absolute atomic E-state index is 0.0118. The van der Waals surface area contributed by atoms with Crippen LogP contribution < -0.4 is 0 Å². The van der Waals surface area contributed by atoms with Gasteiger partial charge in [0.15, 0.2) is 11.6 Å². The van der Waals surface area contributed by atoms with E-state index in [9.17, 15) is 14.7 Å². The molecule has 1 saturated heterocycles. The van der Waals surface area contributed by atoms with Gasteiger partial charge in [0.2, 0.25) is 0 Å². The summed E-state index contributed by atoms with van der Waals surface area (Å²) in [5.41, 5.74) is -0.603. The summed E-state index contributed by atoms with van der Waals surface area (Å²) in [6, 6.07) is 0. The Labute approximate surface area is 155 Å². The molecular formula is C22H30O4. The Morgan fingerprint density at radius 2 is 2.00 bits per heavy atom. The summed E-state index contributed by atoms with van der Waals surface area (Å²) >= 11 is 0. The van der Waals surface area contributed by atoms with E-state index >= 15 is 0 Å². The van der Waals surface area contributed by atoms with Gasteiger partial charge in [0.1, 0.15) is 11.2 Å². The van der Waals surface area contributed by atoms with Crippen LogP contribution in [-0.4, -0.2) is 34.0 Å². The van der Waals surface area contributed by atoms with E-state index in [1.165, 1.54) is 5.57 Å². The Hall–Kier alpha value is -1.00. The fourth-order valence-corrected chi connectivity index (χ4v) is 8.10. The second kappa shape index (κ2) is 4.70. The molecule has 4 fully saturated rings. The number of hydrogen-bond donors (Lipinski definition) is 1. The molecule has 4 heteroatoms. The number of ether oxygens (including phenoxy) is 1. The van der Waals surface area contributed by atoms with Gasteiger partial charge in [-0.3, -0.25) is 9.59 Å². The number of carbonyl (C=O) groups is 2. The number of rotatable bonds is 1. The lowest BCUT2D eigenvalue weighted by molar-refractivity contribution is -0.161. The van der Waals surface area contributed by atoms with Crippen molar-refractivity contribution < 1.29 is 19.4 Å². The van der Waals surface area contributed by atoms with E-state index in [1.54, 1.807) is 6.92 Å². The fourth-order valence-electron chi connectivity index (χ4n) is 8.10. The van der Waals surface area contributed by atoms with Crippen LogP contribution in [0, 0.1) is 28.6 Å². The van der Waals surface area contributed by atoms with E-state index in [0.29, 0.717) is 18.3 Å². The smallest absolute Gasteiger partial charge is 0.162 e. The van der Waals surface area contributed by atoms with Crippen LogP contribution in [0.25, 0.3) is 0 Å². The Morgan fingerprint density at radius 1 is 1.27 bits per heavy atom. The lowest BCUT2D eigenvalue weighted by atomic mass is 9.46. The van der Waals surface area contributed by atoms with Gasteiger partial charge in [-0.2, -0.15) is 0 Å².